The van der Waals surface area contributed by atoms with E-state index < -0.39 is 0 Å². The first-order valence-electron chi connectivity index (χ1n) is 6.71. The fourth-order valence-corrected chi connectivity index (χ4v) is 2.56. The molecule has 1 unspecified atom stereocenters. The molecule has 2 aromatic rings. The van der Waals surface area contributed by atoms with Crippen molar-refractivity contribution >= 4 is 22.4 Å². The molecule has 2 N–H and O–H groups in total. The molecule has 0 bridgehead atoms. The Morgan fingerprint density at radius 1 is 1.33 bits per heavy atom. The van der Waals surface area contributed by atoms with E-state index in [1.165, 1.54) is 23.5 Å². The van der Waals surface area contributed by atoms with Crippen molar-refractivity contribution in [2.24, 2.45) is 0 Å². The van der Waals surface area contributed by atoms with Gasteiger partial charge in [0, 0.05) is 12.6 Å². The maximum atomic E-state index is 12.8. The summed E-state index contributed by atoms with van der Waals surface area (Å²) in [5.74, 6) is -0.508. The molecule has 1 amide bonds. The van der Waals surface area contributed by atoms with Gasteiger partial charge >= 0.3 is 0 Å². The van der Waals surface area contributed by atoms with Gasteiger partial charge in [-0.1, -0.05) is 23.5 Å². The number of benzene rings is 1. The molecule has 0 spiro atoms. The van der Waals surface area contributed by atoms with E-state index in [4.69, 9.17) is 0 Å². The summed E-state index contributed by atoms with van der Waals surface area (Å²) in [5.41, 5.74) is 0.967. The molecule has 0 aliphatic carbocycles. The lowest BCUT2D eigenvalue weighted by molar-refractivity contribution is 0.0939. The SMILES string of the molecule is CCNc1nnc(C(=O)NC(C)Cc2ccc(F)cc2)s1. The second-order valence-electron chi connectivity index (χ2n) is 4.65. The average molecular weight is 308 g/mol. The number of aromatic nitrogens is 2. The van der Waals surface area contributed by atoms with E-state index in [1.807, 2.05) is 13.8 Å². The maximum Gasteiger partial charge on any atom is 0.282 e. The maximum absolute atomic E-state index is 12.8. The minimum absolute atomic E-state index is 0.0746. The number of rotatable bonds is 6. The minimum Gasteiger partial charge on any atom is -0.360 e. The summed E-state index contributed by atoms with van der Waals surface area (Å²) >= 11 is 1.22. The lowest BCUT2D eigenvalue weighted by Crippen LogP contribution is -2.34. The van der Waals surface area contributed by atoms with Crippen LogP contribution in [0.4, 0.5) is 9.52 Å². The van der Waals surface area contributed by atoms with Crippen LogP contribution in [0, 0.1) is 5.82 Å². The highest BCUT2D eigenvalue weighted by molar-refractivity contribution is 7.17. The molecule has 0 aliphatic heterocycles. The van der Waals surface area contributed by atoms with Gasteiger partial charge in [-0.15, -0.1) is 10.2 Å². The van der Waals surface area contributed by atoms with Crippen LogP contribution >= 0.6 is 11.3 Å². The highest BCUT2D eigenvalue weighted by Gasteiger charge is 2.15. The monoisotopic (exact) mass is 308 g/mol. The van der Waals surface area contributed by atoms with Gasteiger partial charge in [0.2, 0.25) is 10.1 Å². The third kappa shape index (κ3) is 4.49. The molecule has 0 saturated heterocycles. The van der Waals surface area contributed by atoms with Crippen molar-refractivity contribution in [3.05, 3.63) is 40.7 Å². The largest absolute Gasteiger partial charge is 0.360 e. The second kappa shape index (κ2) is 7.12. The number of halogens is 1. The third-order valence-electron chi connectivity index (χ3n) is 2.78. The molecule has 5 nitrogen and oxygen atoms in total. The first kappa shape index (κ1) is 15.4. The number of nitrogens with zero attached hydrogens (tertiary/aromatic N) is 2. The second-order valence-corrected chi connectivity index (χ2v) is 5.63. The summed E-state index contributed by atoms with van der Waals surface area (Å²) < 4.78 is 12.8. The summed E-state index contributed by atoms with van der Waals surface area (Å²) in [7, 11) is 0. The molecule has 112 valence electrons. The van der Waals surface area contributed by atoms with E-state index in [0.29, 0.717) is 16.6 Å². The molecule has 7 heteroatoms. The first-order chi connectivity index (χ1) is 10.1. The van der Waals surface area contributed by atoms with Gasteiger partial charge in [0.15, 0.2) is 0 Å². The Bertz CT molecular complexity index is 599. The van der Waals surface area contributed by atoms with Crippen LogP contribution in [0.15, 0.2) is 24.3 Å². The summed E-state index contributed by atoms with van der Waals surface area (Å²) in [4.78, 5) is 12.0. The number of anilines is 1. The zero-order valence-electron chi connectivity index (χ0n) is 11.9. The predicted octanol–water partition coefficient (Wildman–Crippen LogP) is 2.47. The van der Waals surface area contributed by atoms with Gasteiger partial charge in [-0.3, -0.25) is 4.79 Å². The Balaban J connectivity index is 1.90. The van der Waals surface area contributed by atoms with Gasteiger partial charge < -0.3 is 10.6 Å². The standard InChI is InChI=1S/C14H17FN4OS/c1-3-16-14-19-18-13(21-14)12(20)17-9(2)8-10-4-6-11(15)7-5-10/h4-7,9H,3,8H2,1-2H3,(H,16,19)(H,17,20). The van der Waals surface area contributed by atoms with Crippen molar-refractivity contribution in [3.63, 3.8) is 0 Å². The van der Waals surface area contributed by atoms with Crippen LogP contribution in [-0.2, 0) is 6.42 Å². The van der Waals surface area contributed by atoms with Crippen LogP contribution < -0.4 is 10.6 Å². The molecule has 1 aromatic carbocycles. The first-order valence-corrected chi connectivity index (χ1v) is 7.52. The molecule has 1 aromatic heterocycles. The molecular weight excluding hydrogens is 291 g/mol. The Morgan fingerprint density at radius 3 is 2.71 bits per heavy atom. The van der Waals surface area contributed by atoms with E-state index in [9.17, 15) is 9.18 Å². The Kier molecular flexibility index (Phi) is 5.21. The van der Waals surface area contributed by atoms with E-state index in [-0.39, 0.29) is 17.8 Å². The number of hydrogen-bond donors (Lipinski definition) is 2. The van der Waals surface area contributed by atoms with Crippen LogP contribution in [-0.4, -0.2) is 28.7 Å². The van der Waals surface area contributed by atoms with Gasteiger partial charge in [0.1, 0.15) is 5.82 Å². The van der Waals surface area contributed by atoms with E-state index in [0.717, 1.165) is 12.1 Å². The third-order valence-corrected chi connectivity index (χ3v) is 3.66. The highest BCUT2D eigenvalue weighted by Crippen LogP contribution is 2.15. The lowest BCUT2D eigenvalue weighted by atomic mass is 10.1. The molecule has 1 atom stereocenters. The summed E-state index contributed by atoms with van der Waals surface area (Å²) in [6.45, 7) is 4.58. The minimum atomic E-state index is -0.264. The van der Waals surface area contributed by atoms with E-state index >= 15 is 0 Å². The van der Waals surface area contributed by atoms with Crippen LogP contribution in [0.25, 0.3) is 0 Å². The van der Waals surface area contributed by atoms with Crippen molar-refractivity contribution in [2.45, 2.75) is 26.3 Å². The molecule has 0 radical (unpaired) electrons. The zero-order valence-corrected chi connectivity index (χ0v) is 12.7. The lowest BCUT2D eigenvalue weighted by Gasteiger charge is -2.12. The number of carbonyl (C=O) groups excluding carboxylic acids is 1. The smallest absolute Gasteiger partial charge is 0.282 e. The van der Waals surface area contributed by atoms with E-state index in [1.54, 1.807) is 12.1 Å². The molecule has 0 saturated carbocycles. The molecule has 0 fully saturated rings. The van der Waals surface area contributed by atoms with Gasteiger partial charge in [-0.25, -0.2) is 4.39 Å². The van der Waals surface area contributed by atoms with Crippen molar-refractivity contribution in [2.75, 3.05) is 11.9 Å². The summed E-state index contributed by atoms with van der Waals surface area (Å²) in [5, 5.41) is 14.6. The average Bonchev–Trinajstić information content (AvgIpc) is 2.90. The number of hydrogen-bond acceptors (Lipinski definition) is 5. The normalized spacial score (nSPS) is 12.0. The predicted molar refractivity (Wildman–Crippen MR) is 81.1 cm³/mol. The molecular formula is C14H17FN4OS. The van der Waals surface area contributed by atoms with Gasteiger partial charge in [-0.2, -0.15) is 0 Å². The molecule has 1 heterocycles. The fourth-order valence-electron chi connectivity index (χ4n) is 1.85. The van der Waals surface area contributed by atoms with Gasteiger partial charge in [0.05, 0.1) is 0 Å². The molecule has 21 heavy (non-hydrogen) atoms. The molecule has 2 rings (SSSR count). The zero-order chi connectivity index (χ0) is 15.2. The number of amides is 1. The van der Waals surface area contributed by atoms with Crippen molar-refractivity contribution in [1.29, 1.82) is 0 Å². The Morgan fingerprint density at radius 2 is 2.05 bits per heavy atom. The van der Waals surface area contributed by atoms with Crippen LogP contribution in [0.1, 0.15) is 29.2 Å². The van der Waals surface area contributed by atoms with Crippen molar-refractivity contribution < 1.29 is 9.18 Å². The Hall–Kier alpha value is -2.02. The fraction of sp³-hybridized carbons (Fsp3) is 0.357. The van der Waals surface area contributed by atoms with Crippen LogP contribution in [0.2, 0.25) is 0 Å². The highest BCUT2D eigenvalue weighted by atomic mass is 32.1. The Labute approximate surface area is 126 Å². The van der Waals surface area contributed by atoms with Gasteiger partial charge in [-0.05, 0) is 38.0 Å². The van der Waals surface area contributed by atoms with Crippen molar-refractivity contribution in [3.8, 4) is 0 Å². The number of nitrogens with one attached hydrogen (secondary N) is 2. The summed E-state index contributed by atoms with van der Waals surface area (Å²) in [6, 6.07) is 6.18. The quantitative estimate of drug-likeness (QED) is 0.860. The van der Waals surface area contributed by atoms with Crippen LogP contribution in [0.5, 0.6) is 0 Å². The topological polar surface area (TPSA) is 66.9 Å². The van der Waals surface area contributed by atoms with Crippen LogP contribution in [0.3, 0.4) is 0 Å². The number of carbonyl (C=O) groups is 1. The molecule has 0 aliphatic rings. The van der Waals surface area contributed by atoms with Gasteiger partial charge in [0.25, 0.3) is 5.91 Å². The van der Waals surface area contributed by atoms with Crippen molar-refractivity contribution in [1.82, 2.24) is 15.5 Å². The summed E-state index contributed by atoms with van der Waals surface area (Å²) in [6.07, 6.45) is 0.630. The van der Waals surface area contributed by atoms with E-state index in [2.05, 4.69) is 20.8 Å².